The largest absolute Gasteiger partial charge is 0.481 e. The molecular formula is C14H20N2O5. The average molecular weight is 296 g/mol. The molecule has 1 aromatic heterocycles. The fourth-order valence-electron chi connectivity index (χ4n) is 1.77. The first-order valence-electron chi connectivity index (χ1n) is 6.61. The summed E-state index contributed by atoms with van der Waals surface area (Å²) in [5.41, 5.74) is 0. The van der Waals surface area contributed by atoms with E-state index in [2.05, 4.69) is 5.32 Å². The van der Waals surface area contributed by atoms with Crippen LogP contribution < -0.4 is 5.32 Å². The molecule has 0 spiro atoms. The Morgan fingerprint density at radius 2 is 2.05 bits per heavy atom. The highest BCUT2D eigenvalue weighted by atomic mass is 16.4. The normalized spacial score (nSPS) is 12.0. The molecule has 0 aliphatic carbocycles. The maximum Gasteiger partial charge on any atom is 0.305 e. The number of likely N-dealkylation sites (N-methyl/N-ethyl adjacent to an activating group) is 1. The van der Waals surface area contributed by atoms with E-state index in [1.54, 1.807) is 6.07 Å². The van der Waals surface area contributed by atoms with Crippen molar-refractivity contribution in [2.24, 2.45) is 5.92 Å². The molecule has 0 fully saturated rings. The van der Waals surface area contributed by atoms with E-state index in [4.69, 9.17) is 9.52 Å². The van der Waals surface area contributed by atoms with E-state index >= 15 is 0 Å². The number of carboxylic acid groups (broad SMARTS) is 1. The minimum absolute atomic E-state index is 0.0175. The Hall–Kier alpha value is -2.31. The molecule has 0 radical (unpaired) electrons. The summed E-state index contributed by atoms with van der Waals surface area (Å²) in [6, 6.07) is 2.63. The molecule has 0 saturated heterocycles. The summed E-state index contributed by atoms with van der Waals surface area (Å²) in [6.45, 7) is 3.49. The topological polar surface area (TPSA) is 99.9 Å². The van der Waals surface area contributed by atoms with Crippen LogP contribution >= 0.6 is 0 Å². The van der Waals surface area contributed by atoms with Crippen molar-refractivity contribution in [3.05, 3.63) is 24.2 Å². The maximum absolute atomic E-state index is 11.9. The Balaban J connectivity index is 2.55. The molecule has 7 nitrogen and oxygen atoms in total. The van der Waals surface area contributed by atoms with Gasteiger partial charge in [-0.2, -0.15) is 0 Å². The number of carbonyl (C=O) groups is 3. The van der Waals surface area contributed by atoms with Gasteiger partial charge in [0.05, 0.1) is 19.2 Å². The number of hydrogen-bond donors (Lipinski definition) is 2. The minimum Gasteiger partial charge on any atom is -0.481 e. The minimum atomic E-state index is -0.978. The Bertz CT molecular complexity index is 495. The van der Waals surface area contributed by atoms with Crippen LogP contribution in [-0.4, -0.2) is 47.4 Å². The Kier molecular flexibility index (Phi) is 5.95. The Labute approximate surface area is 122 Å². The molecule has 1 heterocycles. The summed E-state index contributed by atoms with van der Waals surface area (Å²) in [5.74, 6) is -1.66. The van der Waals surface area contributed by atoms with Crippen LogP contribution in [0.2, 0.25) is 0 Å². The molecule has 1 aromatic rings. The second kappa shape index (κ2) is 7.47. The Morgan fingerprint density at radius 3 is 2.52 bits per heavy atom. The van der Waals surface area contributed by atoms with Crippen molar-refractivity contribution in [1.29, 1.82) is 0 Å². The maximum atomic E-state index is 11.9. The zero-order chi connectivity index (χ0) is 16.0. The molecule has 2 N–H and O–H groups in total. The molecule has 2 amide bonds. The van der Waals surface area contributed by atoms with Crippen LogP contribution in [0, 0.1) is 5.92 Å². The van der Waals surface area contributed by atoms with Gasteiger partial charge in [-0.25, -0.2) is 0 Å². The van der Waals surface area contributed by atoms with E-state index in [0.717, 1.165) is 0 Å². The van der Waals surface area contributed by atoms with Crippen LogP contribution in [-0.2, 0) is 9.59 Å². The Morgan fingerprint density at radius 1 is 1.38 bits per heavy atom. The summed E-state index contributed by atoms with van der Waals surface area (Å²) in [6.07, 6.45) is 1.22. The first-order valence-corrected chi connectivity index (χ1v) is 6.61. The predicted octanol–water partition coefficient (Wildman–Crippen LogP) is 0.967. The van der Waals surface area contributed by atoms with E-state index in [1.165, 1.54) is 24.3 Å². The third-order valence-corrected chi connectivity index (χ3v) is 3.01. The van der Waals surface area contributed by atoms with Crippen molar-refractivity contribution in [2.75, 3.05) is 13.6 Å². The third-order valence-electron chi connectivity index (χ3n) is 3.01. The summed E-state index contributed by atoms with van der Waals surface area (Å²) in [7, 11) is 1.48. The number of rotatable bonds is 7. The molecule has 1 unspecified atom stereocenters. The van der Waals surface area contributed by atoms with Crippen molar-refractivity contribution in [3.63, 3.8) is 0 Å². The van der Waals surface area contributed by atoms with Crippen molar-refractivity contribution in [2.45, 2.75) is 26.3 Å². The van der Waals surface area contributed by atoms with Gasteiger partial charge in [0.25, 0.3) is 5.91 Å². The van der Waals surface area contributed by atoms with Crippen LogP contribution in [0.15, 0.2) is 22.8 Å². The molecule has 7 heteroatoms. The highest BCUT2D eigenvalue weighted by molar-refractivity contribution is 5.94. The molecule has 1 rings (SSSR count). The molecule has 0 saturated carbocycles. The quantitative estimate of drug-likeness (QED) is 0.781. The summed E-state index contributed by atoms with van der Waals surface area (Å²) in [4.78, 5) is 35.8. The second-order valence-electron chi connectivity index (χ2n) is 5.15. The number of furan rings is 1. The first kappa shape index (κ1) is 16.7. The second-order valence-corrected chi connectivity index (χ2v) is 5.15. The highest BCUT2D eigenvalue weighted by Crippen LogP contribution is 2.07. The summed E-state index contributed by atoms with van der Waals surface area (Å²) in [5, 5.41) is 11.4. The average Bonchev–Trinajstić information content (AvgIpc) is 2.89. The number of aliphatic carboxylic acids is 1. The van der Waals surface area contributed by atoms with Gasteiger partial charge in [0.1, 0.15) is 0 Å². The summed E-state index contributed by atoms with van der Waals surface area (Å²) >= 11 is 0. The lowest BCUT2D eigenvalue weighted by Crippen LogP contribution is -2.45. The molecule has 0 aliphatic rings. The van der Waals surface area contributed by atoms with Crippen LogP contribution in [0.4, 0.5) is 0 Å². The number of nitrogens with one attached hydrogen (secondary N) is 1. The number of nitrogens with zero attached hydrogens (tertiary/aromatic N) is 1. The van der Waals surface area contributed by atoms with Crippen molar-refractivity contribution in [1.82, 2.24) is 10.2 Å². The van der Waals surface area contributed by atoms with Crippen molar-refractivity contribution < 1.29 is 23.9 Å². The fraction of sp³-hybridized carbons (Fsp3) is 0.500. The van der Waals surface area contributed by atoms with Gasteiger partial charge in [-0.15, -0.1) is 0 Å². The molecule has 0 bridgehead atoms. The predicted molar refractivity (Wildman–Crippen MR) is 74.7 cm³/mol. The molecular weight excluding hydrogens is 276 g/mol. The molecule has 1 atom stereocenters. The number of carbonyl (C=O) groups excluding carboxylic acids is 2. The van der Waals surface area contributed by atoms with E-state index in [-0.39, 0.29) is 24.6 Å². The lowest BCUT2D eigenvalue weighted by Gasteiger charge is -2.22. The summed E-state index contributed by atoms with van der Waals surface area (Å²) < 4.78 is 4.97. The highest BCUT2D eigenvalue weighted by Gasteiger charge is 2.22. The van der Waals surface area contributed by atoms with Gasteiger partial charge in [-0.3, -0.25) is 14.4 Å². The van der Waals surface area contributed by atoms with Gasteiger partial charge in [-0.1, -0.05) is 13.8 Å². The van der Waals surface area contributed by atoms with Crippen LogP contribution in [0.25, 0.3) is 0 Å². The number of carboxylic acids is 1. The lowest BCUT2D eigenvalue weighted by atomic mass is 10.0. The SMILES string of the molecule is CC(C)C(CC(=O)O)NC(=O)CN(C)C(=O)c1ccco1. The van der Waals surface area contributed by atoms with Gasteiger partial charge in [0, 0.05) is 13.1 Å². The van der Waals surface area contributed by atoms with E-state index in [9.17, 15) is 14.4 Å². The lowest BCUT2D eigenvalue weighted by molar-refractivity contribution is -0.138. The number of amides is 2. The van der Waals surface area contributed by atoms with E-state index in [1.807, 2.05) is 13.8 Å². The van der Waals surface area contributed by atoms with Gasteiger partial charge < -0.3 is 19.7 Å². The standard InChI is InChI=1S/C14H20N2O5/c1-9(2)10(7-13(18)19)15-12(17)8-16(3)14(20)11-5-4-6-21-11/h4-6,9-10H,7-8H2,1-3H3,(H,15,17)(H,18,19). The van der Waals surface area contributed by atoms with Gasteiger partial charge in [0.15, 0.2) is 5.76 Å². The van der Waals surface area contributed by atoms with Gasteiger partial charge >= 0.3 is 5.97 Å². The molecule has 0 aliphatic heterocycles. The van der Waals surface area contributed by atoms with Crippen molar-refractivity contribution in [3.8, 4) is 0 Å². The number of hydrogen-bond acceptors (Lipinski definition) is 4. The smallest absolute Gasteiger partial charge is 0.305 e. The zero-order valence-corrected chi connectivity index (χ0v) is 12.3. The van der Waals surface area contributed by atoms with Crippen LogP contribution in [0.3, 0.4) is 0 Å². The van der Waals surface area contributed by atoms with E-state index in [0.29, 0.717) is 0 Å². The van der Waals surface area contributed by atoms with Crippen LogP contribution in [0.5, 0.6) is 0 Å². The van der Waals surface area contributed by atoms with Crippen LogP contribution in [0.1, 0.15) is 30.8 Å². The molecule has 21 heavy (non-hydrogen) atoms. The van der Waals surface area contributed by atoms with Gasteiger partial charge in [0.2, 0.25) is 5.91 Å². The monoisotopic (exact) mass is 296 g/mol. The van der Waals surface area contributed by atoms with Crippen molar-refractivity contribution >= 4 is 17.8 Å². The first-order chi connectivity index (χ1) is 9.81. The zero-order valence-electron chi connectivity index (χ0n) is 12.3. The van der Waals surface area contributed by atoms with Gasteiger partial charge in [-0.05, 0) is 18.1 Å². The third kappa shape index (κ3) is 5.29. The van der Waals surface area contributed by atoms with E-state index < -0.39 is 23.8 Å². The molecule has 0 aromatic carbocycles. The molecule has 116 valence electrons. The fourth-order valence-corrected chi connectivity index (χ4v) is 1.77.